The molecule has 1 heterocycles. The first kappa shape index (κ1) is 9.71. The molecule has 0 spiro atoms. The predicted octanol–water partition coefficient (Wildman–Crippen LogP) is 1.85. The summed E-state index contributed by atoms with van der Waals surface area (Å²) in [6.45, 7) is 2.45. The normalized spacial score (nSPS) is 15.3. The number of hydrogen-bond donors (Lipinski definition) is 0. The minimum Gasteiger partial charge on any atom is -0.447 e. The molecular weight excluding hydrogens is 194 g/mol. The molecule has 0 atom stereocenters. The van der Waals surface area contributed by atoms with E-state index < -0.39 is 0 Å². The van der Waals surface area contributed by atoms with Crippen LogP contribution in [0.3, 0.4) is 0 Å². The predicted molar refractivity (Wildman–Crippen MR) is 55.1 cm³/mol. The lowest BCUT2D eigenvalue weighted by Gasteiger charge is -2.12. The van der Waals surface area contributed by atoms with Crippen LogP contribution >= 0.6 is 0 Å². The fourth-order valence-corrected chi connectivity index (χ4v) is 1.52. The lowest BCUT2D eigenvalue weighted by atomic mass is 10.1. The zero-order chi connectivity index (χ0) is 10.8. The number of benzene rings is 1. The third kappa shape index (κ3) is 1.83. The van der Waals surface area contributed by atoms with Crippen LogP contribution in [0, 0.1) is 0 Å². The molecule has 1 fully saturated rings. The number of hydrogen-bond acceptors (Lipinski definition) is 3. The van der Waals surface area contributed by atoms with Crippen molar-refractivity contribution in [2.24, 2.45) is 0 Å². The Labute approximate surface area is 87.4 Å². The zero-order valence-electron chi connectivity index (χ0n) is 8.40. The Morgan fingerprint density at radius 1 is 1.47 bits per heavy atom. The van der Waals surface area contributed by atoms with Gasteiger partial charge in [0.2, 0.25) is 0 Å². The number of carbonyl (C=O) groups is 2. The Kier molecular flexibility index (Phi) is 2.41. The van der Waals surface area contributed by atoms with E-state index in [0.29, 0.717) is 24.4 Å². The number of anilines is 1. The van der Waals surface area contributed by atoms with Crippen molar-refractivity contribution in [3.05, 3.63) is 29.8 Å². The van der Waals surface area contributed by atoms with E-state index in [1.165, 1.54) is 11.8 Å². The Balaban J connectivity index is 2.32. The summed E-state index contributed by atoms with van der Waals surface area (Å²) in [6, 6.07) is 6.98. The topological polar surface area (TPSA) is 46.6 Å². The van der Waals surface area contributed by atoms with Crippen LogP contribution in [0.15, 0.2) is 24.3 Å². The molecule has 1 saturated heterocycles. The van der Waals surface area contributed by atoms with E-state index in [4.69, 9.17) is 4.74 Å². The zero-order valence-corrected chi connectivity index (χ0v) is 8.40. The smallest absolute Gasteiger partial charge is 0.414 e. The summed E-state index contributed by atoms with van der Waals surface area (Å²) in [7, 11) is 0. The molecule has 0 aromatic heterocycles. The summed E-state index contributed by atoms with van der Waals surface area (Å²) in [5.74, 6) is -0.00980. The van der Waals surface area contributed by atoms with Gasteiger partial charge >= 0.3 is 6.09 Å². The van der Waals surface area contributed by atoms with E-state index in [0.717, 1.165) is 0 Å². The second-order valence-electron chi connectivity index (χ2n) is 3.37. The van der Waals surface area contributed by atoms with Gasteiger partial charge in [-0.25, -0.2) is 4.79 Å². The molecular formula is C11H11NO3. The largest absolute Gasteiger partial charge is 0.447 e. The third-order valence-electron chi connectivity index (χ3n) is 2.33. The third-order valence-corrected chi connectivity index (χ3v) is 2.33. The van der Waals surface area contributed by atoms with Gasteiger partial charge in [0.1, 0.15) is 6.61 Å². The second kappa shape index (κ2) is 3.73. The summed E-state index contributed by atoms with van der Waals surface area (Å²) in [4.78, 5) is 24.0. The summed E-state index contributed by atoms with van der Waals surface area (Å²) < 4.78 is 4.82. The number of amides is 1. The van der Waals surface area contributed by atoms with Gasteiger partial charge in [0, 0.05) is 11.3 Å². The minimum absolute atomic E-state index is 0.00980. The van der Waals surface area contributed by atoms with Crippen molar-refractivity contribution >= 4 is 17.6 Å². The summed E-state index contributed by atoms with van der Waals surface area (Å²) in [5, 5.41) is 0. The molecule has 1 aromatic rings. The number of rotatable bonds is 2. The molecule has 1 amide bonds. The van der Waals surface area contributed by atoms with E-state index in [-0.39, 0.29) is 11.9 Å². The van der Waals surface area contributed by atoms with Crippen LogP contribution < -0.4 is 4.90 Å². The van der Waals surface area contributed by atoms with Crippen LogP contribution in [0.4, 0.5) is 10.5 Å². The Morgan fingerprint density at radius 3 is 2.87 bits per heavy atom. The Morgan fingerprint density at radius 2 is 2.27 bits per heavy atom. The van der Waals surface area contributed by atoms with Crippen LogP contribution in [0.5, 0.6) is 0 Å². The molecule has 1 aromatic carbocycles. The van der Waals surface area contributed by atoms with Crippen LogP contribution in [0.1, 0.15) is 17.3 Å². The molecule has 0 N–H and O–H groups in total. The molecule has 15 heavy (non-hydrogen) atoms. The van der Waals surface area contributed by atoms with E-state index in [1.54, 1.807) is 24.3 Å². The van der Waals surface area contributed by atoms with Gasteiger partial charge < -0.3 is 4.74 Å². The molecule has 0 saturated carbocycles. The molecule has 0 aliphatic carbocycles. The molecule has 0 bridgehead atoms. The van der Waals surface area contributed by atoms with Gasteiger partial charge in [-0.2, -0.15) is 0 Å². The second-order valence-corrected chi connectivity index (χ2v) is 3.37. The van der Waals surface area contributed by atoms with E-state index >= 15 is 0 Å². The number of ether oxygens (including phenoxy) is 1. The van der Waals surface area contributed by atoms with Crippen molar-refractivity contribution in [2.75, 3.05) is 18.1 Å². The van der Waals surface area contributed by atoms with Crippen molar-refractivity contribution in [2.45, 2.75) is 6.92 Å². The first-order chi connectivity index (χ1) is 7.18. The molecule has 1 aliphatic rings. The highest BCUT2D eigenvalue weighted by atomic mass is 16.6. The maximum Gasteiger partial charge on any atom is 0.414 e. The van der Waals surface area contributed by atoms with E-state index in [1.807, 2.05) is 0 Å². The van der Waals surface area contributed by atoms with Crippen molar-refractivity contribution in [3.63, 3.8) is 0 Å². The molecule has 0 unspecified atom stereocenters. The molecule has 78 valence electrons. The number of ketones is 1. The number of cyclic esters (lactones) is 1. The van der Waals surface area contributed by atoms with Gasteiger partial charge in [-0.1, -0.05) is 12.1 Å². The van der Waals surface area contributed by atoms with Crippen molar-refractivity contribution in [1.82, 2.24) is 0 Å². The van der Waals surface area contributed by atoms with Gasteiger partial charge in [0.05, 0.1) is 6.54 Å². The molecule has 4 nitrogen and oxygen atoms in total. The Hall–Kier alpha value is -1.84. The molecule has 1 aliphatic heterocycles. The summed E-state index contributed by atoms with van der Waals surface area (Å²) in [5.41, 5.74) is 1.32. The lowest BCUT2D eigenvalue weighted by Crippen LogP contribution is -2.23. The number of carbonyl (C=O) groups excluding carboxylic acids is 2. The first-order valence-corrected chi connectivity index (χ1v) is 4.74. The standard InChI is InChI=1S/C11H11NO3/c1-8(13)9-3-2-4-10(7-9)12-5-6-15-11(12)14/h2-4,7H,5-6H2,1H3. The highest BCUT2D eigenvalue weighted by molar-refractivity contribution is 5.96. The van der Waals surface area contributed by atoms with Gasteiger partial charge in [-0.3, -0.25) is 9.69 Å². The quantitative estimate of drug-likeness (QED) is 0.692. The Bertz CT molecular complexity index is 414. The van der Waals surface area contributed by atoms with Crippen molar-refractivity contribution in [3.8, 4) is 0 Å². The number of nitrogens with zero attached hydrogens (tertiary/aromatic N) is 1. The average Bonchev–Trinajstić information content (AvgIpc) is 2.64. The minimum atomic E-state index is -0.351. The van der Waals surface area contributed by atoms with Crippen LogP contribution in [0.25, 0.3) is 0 Å². The molecule has 2 rings (SSSR count). The maximum absolute atomic E-state index is 11.3. The van der Waals surface area contributed by atoms with E-state index in [2.05, 4.69) is 0 Å². The SMILES string of the molecule is CC(=O)c1cccc(N2CCOC2=O)c1. The van der Waals surface area contributed by atoms with E-state index in [9.17, 15) is 9.59 Å². The highest BCUT2D eigenvalue weighted by Gasteiger charge is 2.23. The monoisotopic (exact) mass is 205 g/mol. The van der Waals surface area contributed by atoms with Gasteiger partial charge in [0.25, 0.3) is 0 Å². The molecule has 4 heteroatoms. The fourth-order valence-electron chi connectivity index (χ4n) is 1.52. The molecule has 0 radical (unpaired) electrons. The summed E-state index contributed by atoms with van der Waals surface area (Å²) in [6.07, 6.45) is -0.351. The van der Waals surface area contributed by atoms with Gasteiger partial charge in [-0.05, 0) is 19.1 Å². The lowest BCUT2D eigenvalue weighted by molar-refractivity contribution is 0.101. The van der Waals surface area contributed by atoms with Crippen LogP contribution in [0.2, 0.25) is 0 Å². The fraction of sp³-hybridized carbons (Fsp3) is 0.273. The summed E-state index contributed by atoms with van der Waals surface area (Å²) >= 11 is 0. The highest BCUT2D eigenvalue weighted by Crippen LogP contribution is 2.19. The van der Waals surface area contributed by atoms with Crippen LogP contribution in [-0.2, 0) is 4.74 Å². The van der Waals surface area contributed by atoms with Crippen molar-refractivity contribution < 1.29 is 14.3 Å². The first-order valence-electron chi connectivity index (χ1n) is 4.74. The van der Waals surface area contributed by atoms with Gasteiger partial charge in [-0.15, -0.1) is 0 Å². The van der Waals surface area contributed by atoms with Crippen LogP contribution in [-0.4, -0.2) is 25.0 Å². The maximum atomic E-state index is 11.3. The number of Topliss-reactive ketones (excluding diaryl/α,β-unsaturated/α-hetero) is 1. The van der Waals surface area contributed by atoms with Crippen molar-refractivity contribution in [1.29, 1.82) is 0 Å². The van der Waals surface area contributed by atoms with Gasteiger partial charge in [0.15, 0.2) is 5.78 Å². The average molecular weight is 205 g/mol.